The molecule has 0 aliphatic carbocycles. The lowest BCUT2D eigenvalue weighted by molar-refractivity contribution is 0.181. The predicted octanol–water partition coefficient (Wildman–Crippen LogP) is -0.177. The average molecular weight is 199 g/mol. The van der Waals surface area contributed by atoms with E-state index < -0.39 is 8.60 Å². The van der Waals surface area contributed by atoms with Crippen molar-refractivity contribution in [2.75, 3.05) is 26.3 Å². The van der Waals surface area contributed by atoms with Crippen LogP contribution < -0.4 is 5.32 Å². The van der Waals surface area contributed by atoms with E-state index in [1.54, 1.807) is 0 Å². The molecular formula is C6H18NO4P. The maximum Gasteiger partial charge on any atom is 0.327 e. The Morgan fingerprint density at radius 1 is 1.25 bits per heavy atom. The van der Waals surface area contributed by atoms with Gasteiger partial charge < -0.3 is 24.7 Å². The zero-order valence-electron chi connectivity index (χ0n) is 7.53. The van der Waals surface area contributed by atoms with E-state index in [9.17, 15) is 0 Å². The fourth-order valence-electron chi connectivity index (χ4n) is 0.372. The zero-order chi connectivity index (χ0) is 9.82. The van der Waals surface area contributed by atoms with Crippen molar-refractivity contribution < 1.29 is 19.4 Å². The molecule has 0 atom stereocenters. The van der Waals surface area contributed by atoms with Gasteiger partial charge in [-0.2, -0.15) is 0 Å². The third-order valence-corrected chi connectivity index (χ3v) is 1.21. The lowest BCUT2D eigenvalue weighted by atomic mass is 10.7. The van der Waals surface area contributed by atoms with Gasteiger partial charge in [0.05, 0.1) is 13.2 Å². The molecule has 0 spiro atoms. The van der Waals surface area contributed by atoms with Gasteiger partial charge in [0.2, 0.25) is 0 Å². The molecule has 6 heteroatoms. The maximum absolute atomic E-state index is 7.98. The van der Waals surface area contributed by atoms with E-state index in [0.29, 0.717) is 0 Å². The highest BCUT2D eigenvalue weighted by molar-refractivity contribution is 7.39. The first kappa shape index (κ1) is 14.7. The summed E-state index contributed by atoms with van der Waals surface area (Å²) in [6, 6.07) is 0. The van der Waals surface area contributed by atoms with Gasteiger partial charge in [0.15, 0.2) is 0 Å². The topological polar surface area (TPSA) is 82.0 Å². The molecule has 0 saturated carbocycles. The van der Waals surface area contributed by atoms with Crippen LogP contribution in [0, 0.1) is 0 Å². The summed E-state index contributed by atoms with van der Waals surface area (Å²) in [5.74, 6) is 0. The van der Waals surface area contributed by atoms with Crippen LogP contribution in [0.2, 0.25) is 0 Å². The molecule has 76 valence electrons. The Balaban J connectivity index is 0. The average Bonchev–Trinajstić information content (AvgIpc) is 2.03. The Bertz CT molecular complexity index is 72.6. The van der Waals surface area contributed by atoms with Gasteiger partial charge in [-0.3, -0.25) is 0 Å². The van der Waals surface area contributed by atoms with Gasteiger partial charge in [0.25, 0.3) is 0 Å². The Labute approximate surface area is 74.4 Å². The van der Waals surface area contributed by atoms with Crippen molar-refractivity contribution in [2.45, 2.75) is 13.8 Å². The second-order valence-electron chi connectivity index (χ2n) is 1.77. The van der Waals surface area contributed by atoms with Gasteiger partial charge in [0, 0.05) is 0 Å². The van der Waals surface area contributed by atoms with Crippen molar-refractivity contribution in [3.63, 3.8) is 0 Å². The molecule has 0 aliphatic rings. The van der Waals surface area contributed by atoms with Gasteiger partial charge >= 0.3 is 8.60 Å². The summed E-state index contributed by atoms with van der Waals surface area (Å²) in [7, 11) is -2.27. The van der Waals surface area contributed by atoms with Gasteiger partial charge in [-0.25, -0.2) is 0 Å². The molecule has 0 fully saturated rings. The van der Waals surface area contributed by atoms with E-state index >= 15 is 0 Å². The normalized spacial score (nSPS) is 9.50. The highest BCUT2D eigenvalue weighted by Gasteiger charge is 1.94. The van der Waals surface area contributed by atoms with Crippen LogP contribution in [0.4, 0.5) is 0 Å². The fourth-order valence-corrected chi connectivity index (χ4v) is 0.617. The number of hydrogen-bond donors (Lipinski definition) is 4. The van der Waals surface area contributed by atoms with Gasteiger partial charge in [-0.1, -0.05) is 13.8 Å². The molecule has 0 aliphatic heterocycles. The first-order valence-electron chi connectivity index (χ1n) is 3.81. The minimum Gasteiger partial charge on any atom is -0.394 e. The predicted molar refractivity (Wildman–Crippen MR) is 48.6 cm³/mol. The summed E-state index contributed by atoms with van der Waals surface area (Å²) in [6.45, 7) is 6.19. The minimum absolute atomic E-state index is 0.0152. The number of nitrogens with one attached hydrogen (secondary N) is 1. The number of aliphatic hydroxyl groups excluding tert-OH is 1. The summed E-state index contributed by atoms with van der Waals surface area (Å²) in [5, 5.41) is 11.1. The van der Waals surface area contributed by atoms with Crippen LogP contribution in [0.5, 0.6) is 0 Å². The summed E-state index contributed by atoms with van der Waals surface area (Å²) in [5.41, 5.74) is 0. The lowest BCUT2D eigenvalue weighted by Crippen LogP contribution is -2.09. The van der Waals surface area contributed by atoms with Crippen LogP contribution >= 0.6 is 8.60 Å². The van der Waals surface area contributed by atoms with Crippen LogP contribution in [0.1, 0.15) is 13.8 Å². The van der Waals surface area contributed by atoms with E-state index in [-0.39, 0.29) is 13.2 Å². The molecule has 0 heterocycles. The van der Waals surface area contributed by atoms with E-state index in [4.69, 9.17) is 14.9 Å². The van der Waals surface area contributed by atoms with E-state index in [1.807, 2.05) is 0 Å². The number of aliphatic hydroxyl groups is 1. The third kappa shape index (κ3) is 22.5. The minimum atomic E-state index is -2.27. The molecule has 0 saturated heterocycles. The lowest BCUT2D eigenvalue weighted by Gasteiger charge is -1.97. The van der Waals surface area contributed by atoms with Crippen LogP contribution in [0.25, 0.3) is 0 Å². The van der Waals surface area contributed by atoms with Crippen molar-refractivity contribution >= 4 is 8.60 Å². The number of hydrogen-bond acceptors (Lipinski definition) is 5. The van der Waals surface area contributed by atoms with Crippen LogP contribution in [0.15, 0.2) is 0 Å². The Morgan fingerprint density at radius 3 is 1.83 bits per heavy atom. The molecule has 0 unspecified atom stereocenters. The quantitative estimate of drug-likeness (QED) is 0.462. The molecule has 0 amide bonds. The van der Waals surface area contributed by atoms with E-state index in [0.717, 1.165) is 13.1 Å². The zero-order valence-corrected chi connectivity index (χ0v) is 8.42. The summed E-state index contributed by atoms with van der Waals surface area (Å²) in [4.78, 5) is 15.9. The fraction of sp³-hybridized carbons (Fsp3) is 1.00. The molecule has 0 bridgehead atoms. The van der Waals surface area contributed by atoms with Crippen LogP contribution in [-0.4, -0.2) is 41.2 Å². The molecule has 5 nitrogen and oxygen atoms in total. The second-order valence-corrected chi connectivity index (χ2v) is 2.53. The van der Waals surface area contributed by atoms with Crippen molar-refractivity contribution in [3.8, 4) is 0 Å². The van der Waals surface area contributed by atoms with Crippen molar-refractivity contribution in [3.05, 3.63) is 0 Å². The Morgan fingerprint density at radius 2 is 1.75 bits per heavy atom. The van der Waals surface area contributed by atoms with Crippen molar-refractivity contribution in [1.82, 2.24) is 5.32 Å². The Hall–Kier alpha value is 0.230. The largest absolute Gasteiger partial charge is 0.394 e. The summed E-state index contributed by atoms with van der Waals surface area (Å²) in [6.07, 6.45) is 0. The van der Waals surface area contributed by atoms with Crippen LogP contribution in [0.3, 0.4) is 0 Å². The monoisotopic (exact) mass is 199 g/mol. The van der Waals surface area contributed by atoms with Gasteiger partial charge in [-0.15, -0.1) is 0 Å². The second kappa shape index (κ2) is 13.8. The maximum atomic E-state index is 7.98. The molecule has 12 heavy (non-hydrogen) atoms. The first-order chi connectivity index (χ1) is 5.68. The van der Waals surface area contributed by atoms with Crippen molar-refractivity contribution in [1.29, 1.82) is 0 Å². The molecule has 0 aromatic heterocycles. The third-order valence-electron chi connectivity index (χ3n) is 0.798. The summed E-state index contributed by atoms with van der Waals surface area (Å²) < 4.78 is 4.12. The highest BCUT2D eigenvalue weighted by Crippen LogP contribution is 2.22. The molecular weight excluding hydrogens is 181 g/mol. The van der Waals surface area contributed by atoms with Crippen molar-refractivity contribution in [2.24, 2.45) is 0 Å². The smallest absolute Gasteiger partial charge is 0.327 e. The molecule has 4 N–H and O–H groups in total. The van der Waals surface area contributed by atoms with Gasteiger partial charge in [0.1, 0.15) is 0 Å². The van der Waals surface area contributed by atoms with E-state index in [2.05, 4.69) is 23.7 Å². The molecule has 0 radical (unpaired) electrons. The summed E-state index contributed by atoms with van der Waals surface area (Å²) >= 11 is 0. The molecule has 0 aromatic carbocycles. The Kier molecular flexibility index (Phi) is 16.9. The SMILES string of the molecule is CCNCC.OCCOP(O)O. The van der Waals surface area contributed by atoms with Crippen LogP contribution in [-0.2, 0) is 4.52 Å². The standard InChI is InChI=1S/C4H11N.C2H7O4P/c1-3-5-4-2;3-1-2-6-7(4)5/h5H,3-4H2,1-2H3;3-5H,1-2H2. The molecule has 0 rings (SSSR count). The first-order valence-corrected chi connectivity index (χ1v) is 4.97. The van der Waals surface area contributed by atoms with E-state index in [1.165, 1.54) is 0 Å². The van der Waals surface area contributed by atoms with Gasteiger partial charge in [-0.05, 0) is 13.1 Å². The highest BCUT2D eigenvalue weighted by atomic mass is 31.2. The molecule has 0 aromatic rings. The number of rotatable bonds is 5.